The van der Waals surface area contributed by atoms with Crippen LogP contribution in [0.5, 0.6) is 0 Å². The minimum absolute atomic E-state index is 0.0645. The summed E-state index contributed by atoms with van der Waals surface area (Å²) in [5.41, 5.74) is 1.61. The van der Waals surface area contributed by atoms with Gasteiger partial charge in [0.1, 0.15) is 6.54 Å². The first-order valence-corrected chi connectivity index (χ1v) is 10.5. The number of carbonyl (C=O) groups excluding carboxylic acids is 3. The minimum Gasteiger partial charge on any atom is -0.456 e. The number of hydrogen-bond acceptors (Lipinski definition) is 6. The first kappa shape index (κ1) is 22.9. The van der Waals surface area contributed by atoms with Gasteiger partial charge in [0.25, 0.3) is 5.56 Å². The molecule has 0 aliphatic carbocycles. The molecule has 0 fully saturated rings. The van der Waals surface area contributed by atoms with E-state index in [-0.39, 0.29) is 18.2 Å². The van der Waals surface area contributed by atoms with Gasteiger partial charge in [-0.05, 0) is 42.8 Å². The number of hydrogen-bond donors (Lipinski definition) is 1. The first-order chi connectivity index (χ1) is 15.5. The van der Waals surface area contributed by atoms with Crippen LogP contribution in [0.1, 0.15) is 43.0 Å². The topological polar surface area (TPSA) is 107 Å². The lowest BCUT2D eigenvalue weighted by molar-refractivity contribution is -0.143. The molecule has 1 aromatic heterocycles. The summed E-state index contributed by atoms with van der Waals surface area (Å²) in [6.07, 6.45) is 4.49. The first-order valence-electron chi connectivity index (χ1n) is 10.5. The van der Waals surface area contributed by atoms with Crippen LogP contribution in [0.4, 0.5) is 5.69 Å². The van der Waals surface area contributed by atoms with E-state index in [4.69, 9.17) is 4.74 Å². The number of fused-ring (bicyclic) bond motifs is 1. The molecule has 32 heavy (non-hydrogen) atoms. The number of ketones is 1. The number of Topliss-reactive ketones (excluding diaryl/α,β-unsaturated/α-hetero) is 1. The maximum Gasteiger partial charge on any atom is 0.326 e. The number of esters is 1. The molecule has 1 heterocycles. The molecule has 1 N–H and O–H groups in total. The smallest absolute Gasteiger partial charge is 0.326 e. The molecule has 8 nitrogen and oxygen atoms in total. The average molecular weight is 435 g/mol. The number of anilines is 1. The lowest BCUT2D eigenvalue weighted by atomic mass is 10.1. The highest BCUT2D eigenvalue weighted by molar-refractivity contribution is 5.98. The normalized spacial score (nSPS) is 10.7. The summed E-state index contributed by atoms with van der Waals surface area (Å²) in [5.74, 6) is -1.15. The SMILES string of the molecule is CCCCCC(=O)Nc1ccc(C(=O)COC(=O)Cn2c(=O)cnc3ccccc32)cc1. The summed E-state index contributed by atoms with van der Waals surface area (Å²) in [6, 6.07) is 13.3. The number of aromatic nitrogens is 2. The van der Waals surface area contributed by atoms with E-state index >= 15 is 0 Å². The standard InChI is InChI=1S/C24H25N3O5/c1-2-3-4-9-22(29)26-18-12-10-17(11-13-18)21(28)16-32-24(31)15-27-20-8-6-5-7-19(20)25-14-23(27)30/h5-8,10-14H,2-4,9,15-16H2,1H3,(H,26,29). The van der Waals surface area contributed by atoms with Crippen molar-refractivity contribution in [3.63, 3.8) is 0 Å². The Morgan fingerprint density at radius 2 is 1.78 bits per heavy atom. The van der Waals surface area contributed by atoms with E-state index in [1.54, 1.807) is 48.5 Å². The number of amides is 1. The second kappa shape index (κ2) is 11.0. The van der Waals surface area contributed by atoms with Crippen molar-refractivity contribution in [1.29, 1.82) is 0 Å². The molecule has 0 saturated heterocycles. The van der Waals surface area contributed by atoms with Crippen molar-refractivity contribution < 1.29 is 19.1 Å². The summed E-state index contributed by atoms with van der Waals surface area (Å²) >= 11 is 0. The molecule has 0 unspecified atom stereocenters. The molecular weight excluding hydrogens is 410 g/mol. The van der Waals surface area contributed by atoms with Crippen molar-refractivity contribution in [2.24, 2.45) is 0 Å². The lowest BCUT2D eigenvalue weighted by Crippen LogP contribution is -2.26. The number of rotatable bonds is 10. The van der Waals surface area contributed by atoms with Gasteiger partial charge in [0.2, 0.25) is 5.91 Å². The predicted molar refractivity (Wildman–Crippen MR) is 121 cm³/mol. The molecule has 1 amide bonds. The summed E-state index contributed by atoms with van der Waals surface area (Å²) in [6.45, 7) is 1.31. The Bertz CT molecular complexity index is 1170. The Balaban J connectivity index is 1.53. The van der Waals surface area contributed by atoms with Crippen LogP contribution in [-0.4, -0.2) is 33.8 Å². The van der Waals surface area contributed by atoms with Crippen LogP contribution < -0.4 is 10.9 Å². The molecule has 166 valence electrons. The van der Waals surface area contributed by atoms with E-state index < -0.39 is 18.1 Å². The number of ether oxygens (including phenoxy) is 1. The van der Waals surface area contributed by atoms with E-state index in [0.717, 1.165) is 25.5 Å². The van der Waals surface area contributed by atoms with Crippen molar-refractivity contribution in [3.05, 3.63) is 70.6 Å². The lowest BCUT2D eigenvalue weighted by Gasteiger charge is -2.09. The van der Waals surface area contributed by atoms with Crippen LogP contribution in [0.15, 0.2) is 59.5 Å². The van der Waals surface area contributed by atoms with Gasteiger partial charge >= 0.3 is 5.97 Å². The van der Waals surface area contributed by atoms with Gasteiger partial charge in [-0.2, -0.15) is 0 Å². The largest absolute Gasteiger partial charge is 0.456 e. The fourth-order valence-electron chi connectivity index (χ4n) is 3.18. The van der Waals surface area contributed by atoms with E-state index in [0.29, 0.717) is 28.7 Å². The van der Waals surface area contributed by atoms with E-state index in [9.17, 15) is 19.2 Å². The Morgan fingerprint density at radius 3 is 2.53 bits per heavy atom. The molecule has 0 spiro atoms. The summed E-state index contributed by atoms with van der Waals surface area (Å²) in [5, 5.41) is 2.79. The van der Waals surface area contributed by atoms with Crippen LogP contribution in [0, 0.1) is 0 Å². The summed E-state index contributed by atoms with van der Waals surface area (Å²) in [4.78, 5) is 52.6. The van der Waals surface area contributed by atoms with Crippen LogP contribution >= 0.6 is 0 Å². The second-order valence-corrected chi connectivity index (χ2v) is 7.34. The van der Waals surface area contributed by atoms with Gasteiger partial charge in [0.05, 0.1) is 17.2 Å². The highest BCUT2D eigenvalue weighted by Gasteiger charge is 2.13. The molecule has 0 radical (unpaired) electrons. The monoisotopic (exact) mass is 435 g/mol. The van der Waals surface area contributed by atoms with Crippen molar-refractivity contribution >= 4 is 34.4 Å². The van der Waals surface area contributed by atoms with Gasteiger partial charge in [-0.15, -0.1) is 0 Å². The van der Waals surface area contributed by atoms with Crippen LogP contribution in [0.25, 0.3) is 11.0 Å². The number of nitrogens with one attached hydrogen (secondary N) is 1. The zero-order chi connectivity index (χ0) is 22.9. The quantitative estimate of drug-likeness (QED) is 0.297. The Kier molecular flexibility index (Phi) is 7.85. The van der Waals surface area contributed by atoms with Crippen molar-refractivity contribution in [3.8, 4) is 0 Å². The molecule has 0 aliphatic rings. The third kappa shape index (κ3) is 6.10. The molecule has 0 saturated carbocycles. The number of unbranched alkanes of at least 4 members (excludes halogenated alkanes) is 2. The number of carbonyl (C=O) groups is 3. The molecule has 3 rings (SSSR count). The minimum atomic E-state index is -0.701. The number of para-hydroxylation sites is 2. The number of nitrogens with zero attached hydrogens (tertiary/aromatic N) is 2. The highest BCUT2D eigenvalue weighted by Crippen LogP contribution is 2.12. The average Bonchev–Trinajstić information content (AvgIpc) is 2.80. The van der Waals surface area contributed by atoms with Crippen LogP contribution in [0.2, 0.25) is 0 Å². The van der Waals surface area contributed by atoms with Gasteiger partial charge in [-0.3, -0.25) is 23.7 Å². The molecule has 0 bridgehead atoms. The maximum atomic E-state index is 12.3. The fraction of sp³-hybridized carbons (Fsp3) is 0.292. The molecule has 2 aromatic carbocycles. The molecule has 0 atom stereocenters. The molecule has 8 heteroatoms. The Labute approximate surface area is 185 Å². The van der Waals surface area contributed by atoms with Gasteiger partial charge < -0.3 is 10.1 Å². The fourth-order valence-corrected chi connectivity index (χ4v) is 3.18. The van der Waals surface area contributed by atoms with Crippen molar-refractivity contribution in [2.75, 3.05) is 11.9 Å². The van der Waals surface area contributed by atoms with Crippen LogP contribution in [0.3, 0.4) is 0 Å². The van der Waals surface area contributed by atoms with E-state index in [1.165, 1.54) is 4.57 Å². The molecular formula is C24H25N3O5. The second-order valence-electron chi connectivity index (χ2n) is 7.34. The highest BCUT2D eigenvalue weighted by atomic mass is 16.5. The number of benzene rings is 2. The zero-order valence-corrected chi connectivity index (χ0v) is 17.9. The van der Waals surface area contributed by atoms with Gasteiger partial charge in [-0.1, -0.05) is 31.9 Å². The zero-order valence-electron chi connectivity index (χ0n) is 17.9. The third-order valence-corrected chi connectivity index (χ3v) is 4.90. The van der Waals surface area contributed by atoms with Gasteiger partial charge in [0.15, 0.2) is 12.4 Å². The van der Waals surface area contributed by atoms with E-state index in [1.807, 2.05) is 0 Å². The molecule has 3 aromatic rings. The van der Waals surface area contributed by atoms with Crippen LogP contribution in [-0.2, 0) is 20.9 Å². The van der Waals surface area contributed by atoms with Crippen molar-refractivity contribution in [1.82, 2.24) is 9.55 Å². The summed E-state index contributed by atoms with van der Waals surface area (Å²) < 4.78 is 6.33. The maximum absolute atomic E-state index is 12.3. The Hall–Kier alpha value is -3.81. The summed E-state index contributed by atoms with van der Waals surface area (Å²) in [7, 11) is 0. The van der Waals surface area contributed by atoms with Gasteiger partial charge in [0, 0.05) is 17.7 Å². The molecule has 0 aliphatic heterocycles. The predicted octanol–water partition coefficient (Wildman–Crippen LogP) is 3.34. The van der Waals surface area contributed by atoms with Gasteiger partial charge in [-0.25, -0.2) is 4.98 Å². The Morgan fingerprint density at radius 1 is 1.03 bits per heavy atom. The van der Waals surface area contributed by atoms with E-state index in [2.05, 4.69) is 17.2 Å². The third-order valence-electron chi connectivity index (χ3n) is 4.90. The van der Waals surface area contributed by atoms with Crippen molar-refractivity contribution in [2.45, 2.75) is 39.2 Å².